The van der Waals surface area contributed by atoms with Crippen molar-refractivity contribution in [1.82, 2.24) is 4.90 Å². The molecule has 1 rings (SSSR count). The number of benzene rings is 1. The second kappa shape index (κ2) is 16.6. The standard InChI is InChI=1S/C18H21N2O.C2H5.U/c1-3-4-5-18(15-21)14-20(2)13-11-17-8-6-16(7-9-17)10-12-19;1-2;/h4-9,14H,3,10-11,13H2,1-2H3;1H2,2H3;/q2*-1;+2/b5-4+,18-14+;;. The maximum absolute atomic E-state index is 10.8. The zero-order valence-electron chi connectivity index (χ0n) is 14.9. The molecule has 0 heterocycles. The summed E-state index contributed by atoms with van der Waals surface area (Å²) in [5.74, 6) is 0. The molecule has 0 atom stereocenters. The van der Waals surface area contributed by atoms with Crippen LogP contribution < -0.4 is 0 Å². The van der Waals surface area contributed by atoms with Crippen LogP contribution in [0.2, 0.25) is 0 Å². The molecule has 0 saturated heterocycles. The van der Waals surface area contributed by atoms with Gasteiger partial charge < -0.3 is 16.6 Å². The minimum atomic E-state index is 0. The van der Waals surface area contributed by atoms with Crippen molar-refractivity contribution in [3.63, 3.8) is 0 Å². The Morgan fingerprint density at radius 2 is 1.88 bits per heavy atom. The first-order valence-corrected chi connectivity index (χ1v) is 7.81. The summed E-state index contributed by atoms with van der Waals surface area (Å²) < 4.78 is 0. The SMILES string of the molecule is CC/C=C/C([C-]=O)=C\N(C)CCc1ccc(CC#N)cc1.[CH2-]C.[U+2]. The van der Waals surface area contributed by atoms with Crippen LogP contribution in [0, 0.1) is 49.4 Å². The van der Waals surface area contributed by atoms with Crippen LogP contribution in [0.1, 0.15) is 31.4 Å². The average Bonchev–Trinajstić information content (AvgIpc) is 2.60. The van der Waals surface area contributed by atoms with Gasteiger partial charge in [0.15, 0.2) is 0 Å². The molecular formula is C20H26N2OU. The molecule has 0 bridgehead atoms. The fourth-order valence-electron chi connectivity index (χ4n) is 1.87. The molecule has 0 saturated carbocycles. The Morgan fingerprint density at radius 1 is 1.29 bits per heavy atom. The molecule has 0 N–H and O–H groups in total. The van der Waals surface area contributed by atoms with Crippen molar-refractivity contribution < 1.29 is 35.9 Å². The number of rotatable bonds is 8. The van der Waals surface area contributed by atoms with Crippen molar-refractivity contribution in [3.05, 3.63) is 66.2 Å². The first kappa shape index (κ1) is 25.0. The second-order valence-electron chi connectivity index (χ2n) is 4.88. The van der Waals surface area contributed by atoms with Gasteiger partial charge >= 0.3 is 31.1 Å². The molecule has 0 unspecified atom stereocenters. The van der Waals surface area contributed by atoms with Crippen LogP contribution >= 0.6 is 0 Å². The molecule has 0 fully saturated rings. The van der Waals surface area contributed by atoms with Crippen LogP contribution in [-0.4, -0.2) is 24.8 Å². The minimum Gasteiger partial charge on any atom is -0.431 e. The number of nitriles is 1. The van der Waals surface area contributed by atoms with Crippen LogP contribution in [0.5, 0.6) is 0 Å². The summed E-state index contributed by atoms with van der Waals surface area (Å²) in [6, 6.07) is 10.2. The van der Waals surface area contributed by atoms with E-state index in [1.807, 2.05) is 61.7 Å². The molecule has 1 aromatic rings. The average molecular weight is 548 g/mol. The number of nitrogens with zero attached hydrogens (tertiary/aromatic N) is 2. The molecular weight excluding hydrogens is 522 g/mol. The van der Waals surface area contributed by atoms with Crippen molar-refractivity contribution in [3.8, 4) is 6.07 Å². The molecule has 126 valence electrons. The summed E-state index contributed by atoms with van der Waals surface area (Å²) in [5, 5.41) is 8.63. The zero-order chi connectivity index (χ0) is 17.5. The molecule has 0 aliphatic rings. The third-order valence-corrected chi connectivity index (χ3v) is 3.07. The van der Waals surface area contributed by atoms with Crippen molar-refractivity contribution in [2.24, 2.45) is 0 Å². The molecule has 0 radical (unpaired) electrons. The number of hydrogen-bond donors (Lipinski definition) is 0. The Morgan fingerprint density at radius 3 is 2.38 bits per heavy atom. The summed E-state index contributed by atoms with van der Waals surface area (Å²) in [7, 11) is 1.95. The smallest absolute Gasteiger partial charge is 0.431 e. The molecule has 0 aliphatic heterocycles. The summed E-state index contributed by atoms with van der Waals surface area (Å²) >= 11 is 0. The summed E-state index contributed by atoms with van der Waals surface area (Å²) in [5.41, 5.74) is 2.82. The summed E-state index contributed by atoms with van der Waals surface area (Å²) in [6.07, 6.45) is 9.73. The topological polar surface area (TPSA) is 44.1 Å². The van der Waals surface area contributed by atoms with E-state index in [9.17, 15) is 4.79 Å². The van der Waals surface area contributed by atoms with Crippen LogP contribution in [0.4, 0.5) is 0 Å². The van der Waals surface area contributed by atoms with Crippen LogP contribution in [0.15, 0.2) is 48.2 Å². The molecule has 0 spiro atoms. The predicted octanol–water partition coefficient (Wildman–Crippen LogP) is 4.03. The van der Waals surface area contributed by atoms with E-state index in [0.717, 1.165) is 24.9 Å². The van der Waals surface area contributed by atoms with Crippen molar-refractivity contribution in [1.29, 1.82) is 5.26 Å². The molecule has 24 heavy (non-hydrogen) atoms. The van der Waals surface area contributed by atoms with E-state index in [1.54, 1.807) is 13.0 Å². The van der Waals surface area contributed by atoms with E-state index in [4.69, 9.17) is 5.26 Å². The zero-order valence-corrected chi connectivity index (χ0v) is 19.0. The van der Waals surface area contributed by atoms with Crippen molar-refractivity contribution in [2.45, 2.75) is 33.1 Å². The van der Waals surface area contributed by atoms with Gasteiger partial charge in [-0.15, -0.1) is 11.6 Å². The van der Waals surface area contributed by atoms with E-state index in [0.29, 0.717) is 12.0 Å². The van der Waals surface area contributed by atoms with E-state index in [2.05, 4.69) is 13.0 Å². The van der Waals surface area contributed by atoms with Gasteiger partial charge in [-0.3, -0.25) is 0 Å². The fraction of sp³-hybridized carbons (Fsp3) is 0.350. The van der Waals surface area contributed by atoms with E-state index >= 15 is 0 Å². The number of hydrogen-bond acceptors (Lipinski definition) is 3. The van der Waals surface area contributed by atoms with Gasteiger partial charge in [-0.2, -0.15) is 18.3 Å². The van der Waals surface area contributed by atoms with Crippen LogP contribution in [0.25, 0.3) is 0 Å². The predicted molar refractivity (Wildman–Crippen MR) is 96.3 cm³/mol. The van der Waals surface area contributed by atoms with Crippen molar-refractivity contribution in [2.75, 3.05) is 13.6 Å². The molecule has 3 nitrogen and oxygen atoms in total. The van der Waals surface area contributed by atoms with Gasteiger partial charge in [0.05, 0.1) is 18.8 Å². The number of likely N-dealkylation sites (N-methyl/N-ethyl adjacent to an activating group) is 1. The van der Waals surface area contributed by atoms with Crippen LogP contribution in [-0.2, 0) is 17.6 Å². The first-order valence-electron chi connectivity index (χ1n) is 7.81. The maximum Gasteiger partial charge on any atom is 2.00 e. The van der Waals surface area contributed by atoms with Gasteiger partial charge in [0.2, 0.25) is 0 Å². The Hall–Kier alpha value is -1.29. The summed E-state index contributed by atoms with van der Waals surface area (Å²) in [4.78, 5) is 12.8. The number of allylic oxidation sites excluding steroid dienone is 3. The Labute approximate surface area is 170 Å². The quantitative estimate of drug-likeness (QED) is 0.280. The van der Waals surface area contributed by atoms with Crippen molar-refractivity contribution >= 4 is 6.29 Å². The number of carbonyl (C=O) groups excluding carboxylic acids is 1. The monoisotopic (exact) mass is 548 g/mol. The largest absolute Gasteiger partial charge is 2.00 e. The summed E-state index contributed by atoms with van der Waals surface area (Å²) in [6.45, 7) is 7.85. The van der Waals surface area contributed by atoms with Crippen LogP contribution in [0.3, 0.4) is 0 Å². The van der Waals surface area contributed by atoms with Gasteiger partial charge in [0, 0.05) is 6.54 Å². The van der Waals surface area contributed by atoms with E-state index < -0.39 is 0 Å². The van der Waals surface area contributed by atoms with E-state index in [-0.39, 0.29) is 31.1 Å². The van der Waals surface area contributed by atoms with Gasteiger partial charge in [-0.05, 0) is 31.0 Å². The second-order valence-corrected chi connectivity index (χ2v) is 4.88. The third-order valence-electron chi connectivity index (χ3n) is 3.07. The Balaban J connectivity index is 0. The molecule has 0 aromatic heterocycles. The third kappa shape index (κ3) is 11.3. The molecule has 0 aliphatic carbocycles. The van der Waals surface area contributed by atoms with Gasteiger partial charge in [-0.25, -0.2) is 0 Å². The minimum absolute atomic E-state index is 0. The maximum atomic E-state index is 10.8. The van der Waals surface area contributed by atoms with E-state index in [1.165, 1.54) is 5.56 Å². The fourth-order valence-corrected chi connectivity index (χ4v) is 1.87. The first-order chi connectivity index (χ1) is 11.2. The normalized spacial score (nSPS) is 10.2. The molecule has 4 heteroatoms. The molecule has 0 amide bonds. The Bertz CT molecular complexity index is 542. The van der Waals surface area contributed by atoms with Gasteiger partial charge in [0.25, 0.3) is 0 Å². The molecule has 1 aromatic carbocycles. The Kier molecular flexibility index (Phi) is 17.2. The van der Waals surface area contributed by atoms with Gasteiger partial charge in [0.1, 0.15) is 0 Å². The van der Waals surface area contributed by atoms with Gasteiger partial charge in [-0.1, -0.05) is 37.4 Å².